The van der Waals surface area contributed by atoms with E-state index in [1.807, 2.05) is 6.92 Å². The van der Waals surface area contributed by atoms with Crippen LogP contribution in [0.1, 0.15) is 26.2 Å². The Morgan fingerprint density at radius 3 is 2.92 bits per heavy atom. The summed E-state index contributed by atoms with van der Waals surface area (Å²) < 4.78 is 0. The molecule has 1 aliphatic rings. The SMILES string of the molecule is C#CC(C)NCCC(=O)NC1CC1. The summed E-state index contributed by atoms with van der Waals surface area (Å²) >= 11 is 0. The van der Waals surface area contributed by atoms with Gasteiger partial charge in [0.1, 0.15) is 0 Å². The van der Waals surface area contributed by atoms with Gasteiger partial charge in [0.2, 0.25) is 5.91 Å². The molecule has 0 spiro atoms. The van der Waals surface area contributed by atoms with Gasteiger partial charge in [-0.15, -0.1) is 6.42 Å². The molecule has 0 aromatic carbocycles. The summed E-state index contributed by atoms with van der Waals surface area (Å²) in [5.41, 5.74) is 0. The number of nitrogens with one attached hydrogen (secondary N) is 2. The highest BCUT2D eigenvalue weighted by molar-refractivity contribution is 5.76. The van der Waals surface area contributed by atoms with E-state index in [-0.39, 0.29) is 11.9 Å². The summed E-state index contributed by atoms with van der Waals surface area (Å²) in [6, 6.07) is 0.506. The first-order valence-electron chi connectivity index (χ1n) is 4.71. The van der Waals surface area contributed by atoms with Crippen molar-refractivity contribution in [1.82, 2.24) is 10.6 Å². The Hall–Kier alpha value is -1.01. The predicted molar refractivity (Wildman–Crippen MR) is 52.1 cm³/mol. The van der Waals surface area contributed by atoms with Gasteiger partial charge in [0.25, 0.3) is 0 Å². The standard InChI is InChI=1S/C10H16N2O/c1-3-8(2)11-7-6-10(13)12-9-4-5-9/h1,8-9,11H,4-7H2,2H3,(H,12,13). The molecule has 13 heavy (non-hydrogen) atoms. The lowest BCUT2D eigenvalue weighted by atomic mass is 10.3. The minimum absolute atomic E-state index is 0.0497. The van der Waals surface area contributed by atoms with Crippen molar-refractivity contribution in [2.45, 2.75) is 38.3 Å². The second kappa shape index (κ2) is 4.88. The molecule has 1 rings (SSSR count). The maximum Gasteiger partial charge on any atom is 0.221 e. The first-order valence-corrected chi connectivity index (χ1v) is 4.71. The lowest BCUT2D eigenvalue weighted by Crippen LogP contribution is -2.32. The molecule has 1 atom stereocenters. The Balaban J connectivity index is 1.98. The van der Waals surface area contributed by atoms with E-state index in [9.17, 15) is 4.79 Å². The van der Waals surface area contributed by atoms with Crippen LogP contribution in [0, 0.1) is 12.3 Å². The zero-order chi connectivity index (χ0) is 9.68. The number of hydrogen-bond acceptors (Lipinski definition) is 2. The van der Waals surface area contributed by atoms with Gasteiger partial charge in [-0.05, 0) is 19.8 Å². The van der Waals surface area contributed by atoms with E-state index in [4.69, 9.17) is 6.42 Å². The Morgan fingerprint density at radius 1 is 1.69 bits per heavy atom. The smallest absolute Gasteiger partial charge is 0.221 e. The summed E-state index contributed by atoms with van der Waals surface area (Å²) in [5, 5.41) is 5.97. The number of carbonyl (C=O) groups is 1. The van der Waals surface area contributed by atoms with E-state index in [2.05, 4.69) is 16.6 Å². The van der Waals surface area contributed by atoms with Gasteiger partial charge in [-0.25, -0.2) is 0 Å². The van der Waals surface area contributed by atoms with Crippen molar-refractivity contribution in [2.24, 2.45) is 0 Å². The van der Waals surface area contributed by atoms with Gasteiger partial charge < -0.3 is 10.6 Å². The van der Waals surface area contributed by atoms with Gasteiger partial charge in [-0.1, -0.05) is 5.92 Å². The maximum absolute atomic E-state index is 11.2. The van der Waals surface area contributed by atoms with Crippen molar-refractivity contribution in [3.8, 4) is 12.3 Å². The summed E-state index contributed by atoms with van der Waals surface area (Å²) in [6.07, 6.45) is 7.96. The zero-order valence-corrected chi connectivity index (χ0v) is 7.97. The quantitative estimate of drug-likeness (QED) is 0.596. The van der Waals surface area contributed by atoms with E-state index in [1.165, 1.54) is 0 Å². The fourth-order valence-corrected chi connectivity index (χ4v) is 0.989. The molecule has 0 aromatic rings. The Labute approximate surface area is 79.3 Å². The average Bonchev–Trinajstić information content (AvgIpc) is 2.88. The minimum atomic E-state index is 0.0497. The molecule has 1 unspecified atom stereocenters. The van der Waals surface area contributed by atoms with E-state index < -0.39 is 0 Å². The predicted octanol–water partition coefficient (Wildman–Crippen LogP) is 0.266. The maximum atomic E-state index is 11.2. The van der Waals surface area contributed by atoms with Crippen LogP contribution in [0.3, 0.4) is 0 Å². The lowest BCUT2D eigenvalue weighted by molar-refractivity contribution is -0.121. The van der Waals surface area contributed by atoms with Gasteiger partial charge >= 0.3 is 0 Å². The summed E-state index contributed by atoms with van der Waals surface area (Å²) in [6.45, 7) is 2.56. The molecule has 0 heterocycles. The zero-order valence-electron chi connectivity index (χ0n) is 7.97. The third-order valence-corrected chi connectivity index (χ3v) is 2.00. The molecule has 2 N–H and O–H groups in total. The van der Waals surface area contributed by atoms with Crippen LogP contribution in [0.25, 0.3) is 0 Å². The molecule has 0 bridgehead atoms. The van der Waals surface area contributed by atoms with Crippen LogP contribution in [0.4, 0.5) is 0 Å². The molecule has 72 valence electrons. The molecule has 0 saturated heterocycles. The van der Waals surface area contributed by atoms with Crippen molar-refractivity contribution in [1.29, 1.82) is 0 Å². The fraction of sp³-hybridized carbons (Fsp3) is 0.700. The molecular formula is C10H16N2O. The van der Waals surface area contributed by atoms with Crippen LogP contribution in [-0.2, 0) is 4.79 Å². The normalized spacial score (nSPS) is 17.5. The molecule has 3 heteroatoms. The third kappa shape index (κ3) is 4.54. The highest BCUT2D eigenvalue weighted by Gasteiger charge is 2.22. The van der Waals surface area contributed by atoms with Crippen LogP contribution in [0.15, 0.2) is 0 Å². The molecule has 1 amide bonds. The lowest BCUT2D eigenvalue weighted by Gasteiger charge is -2.07. The highest BCUT2D eigenvalue weighted by Crippen LogP contribution is 2.18. The largest absolute Gasteiger partial charge is 0.353 e. The van der Waals surface area contributed by atoms with E-state index in [0.29, 0.717) is 19.0 Å². The van der Waals surface area contributed by atoms with Crippen LogP contribution >= 0.6 is 0 Å². The van der Waals surface area contributed by atoms with E-state index in [1.54, 1.807) is 0 Å². The Morgan fingerprint density at radius 2 is 2.38 bits per heavy atom. The third-order valence-electron chi connectivity index (χ3n) is 2.00. The van der Waals surface area contributed by atoms with Gasteiger partial charge in [0.05, 0.1) is 6.04 Å². The minimum Gasteiger partial charge on any atom is -0.353 e. The molecule has 1 saturated carbocycles. The van der Waals surface area contributed by atoms with Crippen molar-refractivity contribution in [3.05, 3.63) is 0 Å². The fourth-order valence-electron chi connectivity index (χ4n) is 0.989. The second-order valence-electron chi connectivity index (χ2n) is 3.43. The Bertz CT molecular complexity index is 215. The van der Waals surface area contributed by atoms with Crippen molar-refractivity contribution >= 4 is 5.91 Å². The monoisotopic (exact) mass is 180 g/mol. The molecular weight excluding hydrogens is 164 g/mol. The highest BCUT2D eigenvalue weighted by atomic mass is 16.1. The first kappa shape index (κ1) is 10.1. The van der Waals surface area contributed by atoms with Gasteiger partial charge in [0, 0.05) is 19.0 Å². The topological polar surface area (TPSA) is 41.1 Å². The van der Waals surface area contributed by atoms with Gasteiger partial charge in [0.15, 0.2) is 0 Å². The van der Waals surface area contributed by atoms with Crippen molar-refractivity contribution in [3.63, 3.8) is 0 Å². The van der Waals surface area contributed by atoms with Crippen LogP contribution in [0.5, 0.6) is 0 Å². The average molecular weight is 180 g/mol. The van der Waals surface area contributed by atoms with Crippen LogP contribution in [0.2, 0.25) is 0 Å². The van der Waals surface area contributed by atoms with Crippen molar-refractivity contribution < 1.29 is 4.79 Å². The summed E-state index contributed by atoms with van der Waals surface area (Å²) in [7, 11) is 0. The molecule has 0 aromatic heterocycles. The number of hydrogen-bond donors (Lipinski definition) is 2. The summed E-state index contributed by atoms with van der Waals surface area (Å²) in [5.74, 6) is 2.67. The molecule has 1 aliphatic carbocycles. The van der Waals surface area contributed by atoms with E-state index >= 15 is 0 Å². The molecule has 0 radical (unpaired) electrons. The molecule has 0 aliphatic heterocycles. The van der Waals surface area contributed by atoms with Gasteiger partial charge in [-0.3, -0.25) is 4.79 Å². The number of rotatable bonds is 5. The number of amides is 1. The second-order valence-corrected chi connectivity index (χ2v) is 3.43. The Kier molecular flexibility index (Phi) is 3.78. The van der Waals surface area contributed by atoms with E-state index in [0.717, 1.165) is 12.8 Å². The van der Waals surface area contributed by atoms with Crippen LogP contribution < -0.4 is 10.6 Å². The first-order chi connectivity index (χ1) is 6.22. The molecule has 1 fully saturated rings. The number of carbonyl (C=O) groups excluding carboxylic acids is 1. The van der Waals surface area contributed by atoms with Crippen molar-refractivity contribution in [2.75, 3.05) is 6.54 Å². The van der Waals surface area contributed by atoms with Gasteiger partial charge in [-0.2, -0.15) is 0 Å². The summed E-state index contributed by atoms with van der Waals surface area (Å²) in [4.78, 5) is 11.2. The molecule has 3 nitrogen and oxygen atoms in total. The number of terminal acetylenes is 1. The van der Waals surface area contributed by atoms with Crippen LogP contribution in [-0.4, -0.2) is 24.5 Å².